The number of aromatic nitrogens is 1. The first kappa shape index (κ1) is 29.3. The van der Waals surface area contributed by atoms with Gasteiger partial charge < -0.3 is 0 Å². The molecular formula is C30H51BrN6S. The molecule has 4 bridgehead atoms. The van der Waals surface area contributed by atoms with Gasteiger partial charge in [0.05, 0.1) is 17.7 Å². The standard InChI is InChI=1S/C30H51BrN6S/c1-29(2,3)25-14-10-21-17-33-38-27-8-6-7-26(36-27)34-24(15-23-13-11-22(31)18-32-23)12-9-20-16-30(4,5)37(19-20)28(21)35-25/h11,13,18,20-21,24-28,33-36H,6-10,12,14-17,19H2,1-5H3/t20-,21?,24?,25?,26?,27?,28?/m0/s1. The molecule has 7 unspecified atom stereocenters. The Balaban J connectivity index is 1.36. The highest BCUT2D eigenvalue weighted by Gasteiger charge is 2.47. The second kappa shape index (κ2) is 12.3. The molecule has 38 heavy (non-hydrogen) atoms. The molecule has 0 radical (unpaired) electrons. The van der Waals surface area contributed by atoms with Crippen LogP contribution in [0.4, 0.5) is 0 Å². The zero-order chi connectivity index (χ0) is 26.9. The van der Waals surface area contributed by atoms with Gasteiger partial charge in [-0.1, -0.05) is 32.7 Å². The highest BCUT2D eigenvalue weighted by molar-refractivity contribution is 9.10. The minimum absolute atomic E-state index is 0.221. The molecule has 1 aromatic heterocycles. The summed E-state index contributed by atoms with van der Waals surface area (Å²) < 4.78 is 4.90. The monoisotopic (exact) mass is 606 g/mol. The second-order valence-electron chi connectivity index (χ2n) is 14.1. The SMILES string of the molecule is CC(C)(C)C1CCC2CNSC3CCCC(NC(Cc4ccc(Br)cn4)CC[C@@H]4CN(C2N1)C(C)(C)C4)N3. The van der Waals surface area contributed by atoms with Gasteiger partial charge in [0.25, 0.3) is 0 Å². The molecule has 0 aliphatic carbocycles. The molecule has 4 fully saturated rings. The number of nitrogens with one attached hydrogen (secondary N) is 4. The fourth-order valence-electron chi connectivity index (χ4n) is 7.43. The van der Waals surface area contributed by atoms with Gasteiger partial charge in [-0.25, -0.2) is 0 Å². The Kier molecular flexibility index (Phi) is 9.51. The number of fused-ring (bicyclic) bond motifs is 6. The minimum Gasteiger partial charge on any atom is -0.299 e. The maximum Gasteiger partial charge on any atom is 0.0690 e. The topological polar surface area (TPSA) is 64.2 Å². The first-order valence-corrected chi connectivity index (χ1v) is 16.8. The predicted octanol–water partition coefficient (Wildman–Crippen LogP) is 5.64. The number of halogens is 1. The second-order valence-corrected chi connectivity index (χ2v) is 16.1. The van der Waals surface area contributed by atoms with Crippen molar-refractivity contribution < 1.29 is 0 Å². The van der Waals surface area contributed by atoms with E-state index < -0.39 is 0 Å². The molecule has 1 aromatic rings. The van der Waals surface area contributed by atoms with Crippen LogP contribution in [0, 0.1) is 17.3 Å². The molecule has 4 saturated heterocycles. The van der Waals surface area contributed by atoms with E-state index in [4.69, 9.17) is 4.98 Å². The number of rotatable bonds is 2. The Hall–Kier alpha value is -0.220. The van der Waals surface area contributed by atoms with Crippen LogP contribution in [0.5, 0.6) is 0 Å². The summed E-state index contributed by atoms with van der Waals surface area (Å²) in [4.78, 5) is 7.59. The lowest BCUT2D eigenvalue weighted by Gasteiger charge is -2.50. The molecular weight excluding hydrogens is 556 g/mol. The molecule has 4 aliphatic heterocycles. The van der Waals surface area contributed by atoms with Crippen LogP contribution in [0.15, 0.2) is 22.8 Å². The average Bonchev–Trinajstić information content (AvgIpc) is 3.17. The van der Waals surface area contributed by atoms with Crippen LogP contribution in [-0.2, 0) is 6.42 Å². The van der Waals surface area contributed by atoms with E-state index in [1.54, 1.807) is 0 Å². The predicted molar refractivity (Wildman–Crippen MR) is 164 cm³/mol. The smallest absolute Gasteiger partial charge is 0.0690 e. The number of nitrogens with zero attached hydrogens (tertiary/aromatic N) is 2. The van der Waals surface area contributed by atoms with E-state index in [0.29, 0.717) is 35.7 Å². The molecule has 8 heteroatoms. The molecule has 5 rings (SSSR count). The largest absolute Gasteiger partial charge is 0.299 e. The average molecular weight is 608 g/mol. The van der Waals surface area contributed by atoms with Gasteiger partial charge >= 0.3 is 0 Å². The molecule has 6 nitrogen and oxygen atoms in total. The van der Waals surface area contributed by atoms with Crippen molar-refractivity contribution in [2.45, 2.75) is 128 Å². The molecule has 5 heterocycles. The Morgan fingerprint density at radius 3 is 2.66 bits per heavy atom. The van der Waals surface area contributed by atoms with Gasteiger partial charge in [0.15, 0.2) is 0 Å². The molecule has 0 amide bonds. The lowest BCUT2D eigenvalue weighted by atomic mass is 9.78. The molecule has 8 atom stereocenters. The van der Waals surface area contributed by atoms with E-state index in [1.807, 2.05) is 18.1 Å². The van der Waals surface area contributed by atoms with E-state index >= 15 is 0 Å². The molecule has 0 spiro atoms. The first-order chi connectivity index (χ1) is 18.1. The third-order valence-corrected chi connectivity index (χ3v) is 11.0. The summed E-state index contributed by atoms with van der Waals surface area (Å²) in [5.41, 5.74) is 1.69. The van der Waals surface area contributed by atoms with Crippen LogP contribution in [0.1, 0.15) is 91.7 Å². The lowest BCUT2D eigenvalue weighted by Crippen LogP contribution is -2.63. The minimum atomic E-state index is 0.221. The van der Waals surface area contributed by atoms with E-state index in [2.05, 4.69) is 88.3 Å². The first-order valence-electron chi connectivity index (χ1n) is 15.1. The van der Waals surface area contributed by atoms with Crippen molar-refractivity contribution in [3.63, 3.8) is 0 Å². The zero-order valence-electron chi connectivity index (χ0n) is 24.2. The third kappa shape index (κ3) is 7.34. The normalized spacial score (nSPS) is 38.6. The van der Waals surface area contributed by atoms with Gasteiger partial charge in [0, 0.05) is 59.4 Å². The van der Waals surface area contributed by atoms with Crippen LogP contribution < -0.4 is 20.7 Å². The molecule has 4 N–H and O–H groups in total. The van der Waals surface area contributed by atoms with Gasteiger partial charge in [-0.2, -0.15) is 0 Å². The summed E-state index contributed by atoms with van der Waals surface area (Å²) in [5, 5.41) is 12.6. The fraction of sp³-hybridized carbons (Fsp3) is 0.833. The summed E-state index contributed by atoms with van der Waals surface area (Å²) in [6.07, 6.45) is 13.8. The number of hydrogen-bond acceptors (Lipinski definition) is 7. The summed E-state index contributed by atoms with van der Waals surface area (Å²) in [7, 11) is 0. The third-order valence-electron chi connectivity index (χ3n) is 9.57. The Morgan fingerprint density at radius 2 is 1.89 bits per heavy atom. The summed E-state index contributed by atoms with van der Waals surface area (Å²) in [6, 6.07) is 5.31. The van der Waals surface area contributed by atoms with Gasteiger partial charge in [-0.15, -0.1) is 0 Å². The Labute approximate surface area is 244 Å². The molecule has 214 valence electrons. The number of hydrogen-bond donors (Lipinski definition) is 4. The van der Waals surface area contributed by atoms with Crippen molar-refractivity contribution in [2.24, 2.45) is 17.3 Å². The van der Waals surface area contributed by atoms with Crippen molar-refractivity contribution in [1.29, 1.82) is 0 Å². The highest BCUT2D eigenvalue weighted by atomic mass is 79.9. The lowest BCUT2D eigenvalue weighted by molar-refractivity contribution is 0.00552. The van der Waals surface area contributed by atoms with E-state index in [0.717, 1.165) is 23.4 Å². The molecule has 0 aromatic carbocycles. The summed E-state index contributed by atoms with van der Waals surface area (Å²) in [5.74, 6) is 1.38. The molecule has 4 aliphatic rings. The maximum absolute atomic E-state index is 4.73. The fourth-order valence-corrected chi connectivity index (χ4v) is 8.69. The highest BCUT2D eigenvalue weighted by Crippen LogP contribution is 2.41. The van der Waals surface area contributed by atoms with Gasteiger partial charge in [0.1, 0.15) is 0 Å². The van der Waals surface area contributed by atoms with E-state index in [9.17, 15) is 0 Å². The van der Waals surface area contributed by atoms with E-state index in [-0.39, 0.29) is 11.0 Å². The van der Waals surface area contributed by atoms with Gasteiger partial charge in [0.2, 0.25) is 0 Å². The van der Waals surface area contributed by atoms with Crippen LogP contribution in [0.25, 0.3) is 0 Å². The van der Waals surface area contributed by atoms with Gasteiger partial charge in [-0.05, 0) is 105 Å². The summed E-state index contributed by atoms with van der Waals surface area (Å²) in [6.45, 7) is 14.5. The van der Waals surface area contributed by atoms with Crippen molar-refractivity contribution >= 4 is 27.9 Å². The van der Waals surface area contributed by atoms with Crippen LogP contribution in [-0.4, -0.2) is 58.3 Å². The van der Waals surface area contributed by atoms with Crippen LogP contribution >= 0.6 is 27.9 Å². The van der Waals surface area contributed by atoms with Crippen molar-refractivity contribution in [3.8, 4) is 0 Å². The number of pyridine rings is 1. The quantitative estimate of drug-likeness (QED) is 0.325. The van der Waals surface area contributed by atoms with Crippen molar-refractivity contribution in [2.75, 3.05) is 13.1 Å². The molecule has 0 saturated carbocycles. The van der Waals surface area contributed by atoms with Crippen LogP contribution in [0.2, 0.25) is 0 Å². The van der Waals surface area contributed by atoms with Crippen molar-refractivity contribution in [3.05, 3.63) is 28.5 Å². The zero-order valence-corrected chi connectivity index (χ0v) is 26.6. The summed E-state index contributed by atoms with van der Waals surface area (Å²) >= 11 is 5.48. The van der Waals surface area contributed by atoms with Crippen molar-refractivity contribution in [1.82, 2.24) is 30.6 Å². The number of piperidine rings is 2. The van der Waals surface area contributed by atoms with Crippen LogP contribution in [0.3, 0.4) is 0 Å². The Morgan fingerprint density at radius 1 is 1.05 bits per heavy atom. The maximum atomic E-state index is 4.73. The Bertz CT molecular complexity index is 905. The van der Waals surface area contributed by atoms with Gasteiger partial charge in [-0.3, -0.25) is 30.6 Å². The van der Waals surface area contributed by atoms with E-state index in [1.165, 1.54) is 63.6 Å².